The summed E-state index contributed by atoms with van der Waals surface area (Å²) in [6.07, 6.45) is 5.97. The fourth-order valence-electron chi connectivity index (χ4n) is 1.34. The Balaban J connectivity index is 2.25. The van der Waals surface area contributed by atoms with Crippen molar-refractivity contribution in [3.63, 3.8) is 0 Å². The molecule has 16 heavy (non-hydrogen) atoms. The molecule has 1 rings (SSSR count). The van der Waals surface area contributed by atoms with E-state index < -0.39 is 0 Å². The van der Waals surface area contributed by atoms with Crippen LogP contribution in [0, 0.1) is 10.8 Å². The van der Waals surface area contributed by atoms with Gasteiger partial charge in [0.2, 0.25) is 0 Å². The topological polar surface area (TPSA) is 21.8 Å². The first-order valence-electron chi connectivity index (χ1n) is 6.17. The van der Waals surface area contributed by atoms with E-state index in [0.717, 1.165) is 13.0 Å². The van der Waals surface area contributed by atoms with Gasteiger partial charge in [-0.05, 0) is 24.2 Å². The summed E-state index contributed by atoms with van der Waals surface area (Å²) in [5.74, 6) is 0. The second-order valence-corrected chi connectivity index (χ2v) is 6.52. The minimum Gasteiger partial charge on any atom is -0.350 e. The van der Waals surface area contributed by atoms with Crippen LogP contribution in [-0.4, -0.2) is 19.0 Å². The zero-order valence-electron chi connectivity index (χ0n) is 11.5. The maximum atomic E-state index is 5.58. The van der Waals surface area contributed by atoms with Gasteiger partial charge in [0.05, 0.1) is 6.61 Å². The number of rotatable bonds is 5. The van der Waals surface area contributed by atoms with E-state index in [-0.39, 0.29) is 17.1 Å². The molecule has 1 heterocycles. The number of hydrogen-bond donors (Lipinski definition) is 0. The van der Waals surface area contributed by atoms with Gasteiger partial charge in [-0.15, -0.1) is 0 Å². The van der Waals surface area contributed by atoms with Crippen molar-refractivity contribution in [2.75, 3.05) is 6.61 Å². The lowest BCUT2D eigenvalue weighted by atomic mass is 9.85. The second kappa shape index (κ2) is 4.89. The van der Waals surface area contributed by atoms with Crippen LogP contribution >= 0.6 is 0 Å². The quantitative estimate of drug-likeness (QED) is 0.526. The summed E-state index contributed by atoms with van der Waals surface area (Å²) < 4.78 is 10.8. The molecule has 0 aromatic rings. The molecule has 2 heteroatoms. The van der Waals surface area contributed by atoms with Crippen LogP contribution < -0.4 is 0 Å². The van der Waals surface area contributed by atoms with Crippen molar-refractivity contribution in [1.29, 1.82) is 0 Å². The lowest BCUT2D eigenvalue weighted by Crippen LogP contribution is -2.14. The highest BCUT2D eigenvalue weighted by Gasteiger charge is 2.35. The first kappa shape index (κ1) is 13.7. The molecule has 0 N–H and O–H groups in total. The highest BCUT2D eigenvalue weighted by Crippen LogP contribution is 2.28. The van der Waals surface area contributed by atoms with E-state index in [1.54, 1.807) is 0 Å². The van der Waals surface area contributed by atoms with E-state index in [2.05, 4.69) is 46.8 Å². The van der Waals surface area contributed by atoms with E-state index >= 15 is 0 Å². The second-order valence-electron chi connectivity index (χ2n) is 6.52. The summed E-state index contributed by atoms with van der Waals surface area (Å²) >= 11 is 0. The maximum absolute atomic E-state index is 5.58. The van der Waals surface area contributed by atoms with Crippen LogP contribution in [0.3, 0.4) is 0 Å². The lowest BCUT2D eigenvalue weighted by molar-refractivity contribution is 0.0387. The van der Waals surface area contributed by atoms with E-state index in [1.165, 1.54) is 0 Å². The monoisotopic (exact) mass is 226 g/mol. The standard InChI is InChI=1S/C14H26O2/c1-11-12(16-11)15-10-9-14(5,6)8-7-13(2,3)4/h7-8,11-12H,9-10H2,1-6H3. The van der Waals surface area contributed by atoms with Crippen molar-refractivity contribution in [2.45, 2.75) is 60.4 Å². The Bertz CT molecular complexity index is 248. The first-order chi connectivity index (χ1) is 7.20. The van der Waals surface area contributed by atoms with Crippen LogP contribution in [0.2, 0.25) is 0 Å². The molecule has 1 fully saturated rings. The van der Waals surface area contributed by atoms with Crippen molar-refractivity contribution < 1.29 is 9.47 Å². The average Bonchev–Trinajstić information content (AvgIpc) is 2.78. The summed E-state index contributed by atoms with van der Waals surface area (Å²) in [7, 11) is 0. The van der Waals surface area contributed by atoms with Gasteiger partial charge in [-0.1, -0.05) is 46.8 Å². The molecular weight excluding hydrogens is 200 g/mol. The predicted molar refractivity (Wildman–Crippen MR) is 67.3 cm³/mol. The summed E-state index contributed by atoms with van der Waals surface area (Å²) in [5, 5.41) is 0. The van der Waals surface area contributed by atoms with Gasteiger partial charge in [-0.3, -0.25) is 0 Å². The molecule has 0 radical (unpaired) electrons. The van der Waals surface area contributed by atoms with Gasteiger partial charge < -0.3 is 9.47 Å². The molecule has 0 aromatic carbocycles. The third-order valence-electron chi connectivity index (χ3n) is 2.72. The molecule has 0 aromatic heterocycles. The Hall–Kier alpha value is -0.340. The van der Waals surface area contributed by atoms with Crippen LogP contribution in [-0.2, 0) is 9.47 Å². The molecule has 0 saturated carbocycles. The number of ether oxygens (including phenoxy) is 2. The number of epoxide rings is 1. The van der Waals surface area contributed by atoms with Crippen molar-refractivity contribution in [3.8, 4) is 0 Å². The van der Waals surface area contributed by atoms with Crippen molar-refractivity contribution in [2.24, 2.45) is 10.8 Å². The fraction of sp³-hybridized carbons (Fsp3) is 0.857. The van der Waals surface area contributed by atoms with Gasteiger partial charge in [0.25, 0.3) is 0 Å². The molecule has 2 atom stereocenters. The van der Waals surface area contributed by atoms with Crippen LogP contribution in [0.1, 0.15) is 48.0 Å². The first-order valence-corrected chi connectivity index (χ1v) is 6.17. The van der Waals surface area contributed by atoms with E-state index in [1.807, 2.05) is 6.92 Å². The lowest BCUT2D eigenvalue weighted by Gasteiger charge is -2.22. The predicted octanol–water partition coefficient (Wildman–Crippen LogP) is 3.77. The van der Waals surface area contributed by atoms with Crippen LogP contribution in [0.4, 0.5) is 0 Å². The smallest absolute Gasteiger partial charge is 0.184 e. The Morgan fingerprint density at radius 2 is 1.69 bits per heavy atom. The van der Waals surface area contributed by atoms with E-state index in [9.17, 15) is 0 Å². The van der Waals surface area contributed by atoms with Gasteiger partial charge in [-0.2, -0.15) is 0 Å². The third-order valence-corrected chi connectivity index (χ3v) is 2.72. The van der Waals surface area contributed by atoms with Gasteiger partial charge in [-0.25, -0.2) is 0 Å². The Morgan fingerprint density at radius 3 is 2.12 bits per heavy atom. The molecule has 1 saturated heterocycles. The molecule has 0 aliphatic carbocycles. The minimum atomic E-state index is 0.0578. The summed E-state index contributed by atoms with van der Waals surface area (Å²) in [6, 6.07) is 0. The van der Waals surface area contributed by atoms with Crippen LogP contribution in [0.5, 0.6) is 0 Å². The third kappa shape index (κ3) is 5.66. The number of allylic oxidation sites excluding steroid dienone is 2. The summed E-state index contributed by atoms with van der Waals surface area (Å²) in [4.78, 5) is 0. The number of hydrogen-bond acceptors (Lipinski definition) is 2. The zero-order chi connectivity index (χ0) is 12.4. The molecule has 0 spiro atoms. The van der Waals surface area contributed by atoms with E-state index in [0.29, 0.717) is 6.10 Å². The van der Waals surface area contributed by atoms with Crippen LogP contribution in [0.15, 0.2) is 12.2 Å². The van der Waals surface area contributed by atoms with Gasteiger partial charge in [0.1, 0.15) is 6.10 Å². The average molecular weight is 226 g/mol. The molecule has 1 aliphatic heterocycles. The van der Waals surface area contributed by atoms with E-state index in [4.69, 9.17) is 9.47 Å². The minimum absolute atomic E-state index is 0.0578. The Labute approximate surface area is 100 Å². The molecule has 2 unspecified atom stereocenters. The summed E-state index contributed by atoms with van der Waals surface area (Å²) in [5.41, 5.74) is 0.456. The SMILES string of the molecule is CC1OC1OCCC(C)(C)C=CC(C)(C)C. The highest BCUT2D eigenvalue weighted by atomic mass is 16.8. The largest absolute Gasteiger partial charge is 0.350 e. The molecule has 94 valence electrons. The summed E-state index contributed by atoms with van der Waals surface area (Å²) in [6.45, 7) is 14.0. The van der Waals surface area contributed by atoms with Crippen molar-refractivity contribution in [3.05, 3.63) is 12.2 Å². The molecule has 1 aliphatic rings. The fourth-order valence-corrected chi connectivity index (χ4v) is 1.34. The normalized spacial score (nSPS) is 26.4. The zero-order valence-corrected chi connectivity index (χ0v) is 11.5. The maximum Gasteiger partial charge on any atom is 0.184 e. The van der Waals surface area contributed by atoms with Crippen molar-refractivity contribution >= 4 is 0 Å². The molecule has 0 amide bonds. The molecule has 0 bridgehead atoms. The van der Waals surface area contributed by atoms with Gasteiger partial charge in [0.15, 0.2) is 6.29 Å². The highest BCUT2D eigenvalue weighted by molar-refractivity contribution is 5.00. The van der Waals surface area contributed by atoms with Gasteiger partial charge in [0, 0.05) is 0 Å². The van der Waals surface area contributed by atoms with Crippen molar-refractivity contribution in [1.82, 2.24) is 0 Å². The van der Waals surface area contributed by atoms with Gasteiger partial charge >= 0.3 is 0 Å². The molecule has 2 nitrogen and oxygen atoms in total. The molecular formula is C14H26O2. The van der Waals surface area contributed by atoms with Crippen LogP contribution in [0.25, 0.3) is 0 Å². The Kier molecular flexibility index (Phi) is 4.19. The Morgan fingerprint density at radius 1 is 1.12 bits per heavy atom.